The number of thiazole rings is 1. The molecule has 328 valence electrons. The van der Waals surface area contributed by atoms with Crippen LogP contribution >= 0.6 is 11.3 Å². The number of carbonyl (C=O) groups is 2. The van der Waals surface area contributed by atoms with Crippen molar-refractivity contribution < 1.29 is 35.9 Å². The molecule has 4 aromatic heterocycles. The highest BCUT2D eigenvalue weighted by atomic mass is 32.1. The number of halogens is 6. The Hall–Kier alpha value is -6.84. The van der Waals surface area contributed by atoms with E-state index in [4.69, 9.17) is 9.97 Å². The zero-order valence-electron chi connectivity index (χ0n) is 34.0. The second kappa shape index (κ2) is 15.7. The van der Waals surface area contributed by atoms with Crippen molar-refractivity contribution in [2.75, 3.05) is 6.54 Å². The number of imidazole rings is 1. The quantitative estimate of drug-likeness (QED) is 0.0797. The van der Waals surface area contributed by atoms with Gasteiger partial charge >= 0.3 is 0 Å². The van der Waals surface area contributed by atoms with Crippen molar-refractivity contribution in [1.29, 1.82) is 0 Å². The fraction of sp³-hybridized carbons (Fsp3) is 0.277. The molecule has 11 rings (SSSR count). The summed E-state index contributed by atoms with van der Waals surface area (Å²) in [6.45, 7) is 0.438. The zero-order valence-corrected chi connectivity index (χ0v) is 34.8. The van der Waals surface area contributed by atoms with Gasteiger partial charge in [-0.25, -0.2) is 32.5 Å². The molecule has 0 unspecified atom stereocenters. The molecule has 0 spiro atoms. The Kier molecular flexibility index (Phi) is 9.88. The van der Waals surface area contributed by atoms with Crippen LogP contribution in [0.15, 0.2) is 72.9 Å². The van der Waals surface area contributed by atoms with E-state index >= 15 is 8.78 Å². The molecule has 18 heteroatoms. The monoisotopic (exact) mass is 903 g/mol. The van der Waals surface area contributed by atoms with Crippen LogP contribution in [0.3, 0.4) is 0 Å². The first-order chi connectivity index (χ1) is 31.4. The number of alkyl halides is 4. The van der Waals surface area contributed by atoms with Crippen LogP contribution in [0.25, 0.3) is 32.7 Å². The van der Waals surface area contributed by atoms with Crippen molar-refractivity contribution in [3.63, 3.8) is 0 Å². The Bertz CT molecular complexity index is 3130. The molecular formula is C47H35F6N9O2S. The molecule has 2 aliphatic heterocycles. The average molecular weight is 904 g/mol. The molecule has 1 saturated heterocycles. The number of aromatic amines is 1. The molecule has 0 radical (unpaired) electrons. The predicted octanol–water partition coefficient (Wildman–Crippen LogP) is 8.54. The van der Waals surface area contributed by atoms with E-state index in [2.05, 4.69) is 42.9 Å². The van der Waals surface area contributed by atoms with Crippen molar-refractivity contribution in [3.8, 4) is 34.2 Å². The number of rotatable bonds is 10. The Labute approximate surface area is 370 Å². The fourth-order valence-corrected chi connectivity index (χ4v) is 10.2. The van der Waals surface area contributed by atoms with Crippen molar-refractivity contribution in [1.82, 2.24) is 45.7 Å². The van der Waals surface area contributed by atoms with Gasteiger partial charge in [-0.3, -0.25) is 14.3 Å². The standard InChI is InChI=1S/C47H35F6N9O2S/c48-27-12-23(13-28(49)16-27)14-34(57-37(63)21-62-42-39(41(61-62)43(50)51)31-17-32(31)47(42,52)53)40-29(25-8-9-26-19-56-46(64)30(26)15-25)18-36-45(60-40)59-38(65-36)10-5-22-3-6-24(7-4-22)35-20-55-44(58-35)33-2-1-11-54-33/h3-4,6-9,12-13,15-16,18,20,31-34,43,54H,1-2,11,14,17,19,21H2,(H,55,58)(H,56,64)(H,57,63)/t31-,32+,33-,34-/m0/s1. The SMILES string of the molecule is O=C(Cn1nc(C(F)F)c2c1C(F)(F)[C@@H]1C[C@H]21)N[C@@H](Cc1cc(F)cc(F)c1)c1nc2nc(C#Cc3ccc(-c4cnc([C@@H]5CCCN5)[nH]4)cc3)sc2cc1-c1ccc2c(c1)C(=O)NC2. The highest BCUT2D eigenvalue weighted by Crippen LogP contribution is 2.68. The van der Waals surface area contributed by atoms with Crippen molar-refractivity contribution >= 4 is 33.5 Å². The van der Waals surface area contributed by atoms with Crippen molar-refractivity contribution in [2.45, 2.75) is 69.1 Å². The zero-order chi connectivity index (χ0) is 44.7. The lowest BCUT2D eigenvalue weighted by atomic mass is 9.93. The number of benzene rings is 3. The van der Waals surface area contributed by atoms with Crippen molar-refractivity contribution in [2.24, 2.45) is 5.92 Å². The summed E-state index contributed by atoms with van der Waals surface area (Å²) < 4.78 is 89.7. The number of pyridine rings is 1. The number of carbonyl (C=O) groups excluding carboxylic acids is 2. The van der Waals surface area contributed by atoms with Crippen LogP contribution in [-0.4, -0.2) is 48.1 Å². The Morgan fingerprint density at radius 3 is 2.54 bits per heavy atom. The molecule has 65 heavy (non-hydrogen) atoms. The summed E-state index contributed by atoms with van der Waals surface area (Å²) in [5.74, 6) is -1.15. The first-order valence-corrected chi connectivity index (χ1v) is 21.8. The van der Waals surface area contributed by atoms with Crippen LogP contribution in [0, 0.1) is 29.4 Å². The second-order valence-electron chi connectivity index (χ2n) is 16.8. The minimum absolute atomic E-state index is 0.0498. The summed E-state index contributed by atoms with van der Waals surface area (Å²) in [5, 5.41) is 13.2. The van der Waals surface area contributed by atoms with E-state index in [-0.39, 0.29) is 47.3 Å². The summed E-state index contributed by atoms with van der Waals surface area (Å²) in [5.41, 5.74) is 3.51. The lowest BCUT2D eigenvalue weighted by Crippen LogP contribution is -2.35. The molecule has 2 aliphatic carbocycles. The summed E-state index contributed by atoms with van der Waals surface area (Å²) in [7, 11) is 0. The molecule has 4 N–H and O–H groups in total. The third-order valence-electron chi connectivity index (χ3n) is 12.5. The average Bonchev–Trinajstić information content (AvgIpc) is 3.92. The van der Waals surface area contributed by atoms with Gasteiger partial charge in [0.05, 0.1) is 34.4 Å². The van der Waals surface area contributed by atoms with E-state index in [1.807, 2.05) is 30.5 Å². The van der Waals surface area contributed by atoms with Gasteiger partial charge in [-0.05, 0) is 103 Å². The summed E-state index contributed by atoms with van der Waals surface area (Å²) >= 11 is 1.25. The molecule has 4 atom stereocenters. The van der Waals surface area contributed by atoms with E-state index in [1.165, 1.54) is 11.3 Å². The van der Waals surface area contributed by atoms with E-state index in [0.29, 0.717) is 43.7 Å². The number of nitrogens with one attached hydrogen (secondary N) is 4. The Balaban J connectivity index is 0.956. The maximum atomic E-state index is 15.5. The van der Waals surface area contributed by atoms with Gasteiger partial charge in [-0.1, -0.05) is 30.2 Å². The van der Waals surface area contributed by atoms with Crippen LogP contribution in [0.1, 0.15) is 104 Å². The molecule has 3 aromatic carbocycles. The molecule has 11 nitrogen and oxygen atoms in total. The second-order valence-corrected chi connectivity index (χ2v) is 17.8. The minimum Gasteiger partial charge on any atom is -0.348 e. The van der Waals surface area contributed by atoms with E-state index < -0.39 is 65.7 Å². The number of hydrogen-bond donors (Lipinski definition) is 4. The molecule has 6 heterocycles. The third kappa shape index (κ3) is 7.51. The van der Waals surface area contributed by atoms with Crippen LogP contribution in [0.5, 0.6) is 0 Å². The maximum absolute atomic E-state index is 15.5. The van der Waals surface area contributed by atoms with E-state index in [0.717, 1.165) is 59.7 Å². The summed E-state index contributed by atoms with van der Waals surface area (Å²) in [6, 6.07) is 16.6. The number of H-pyrrole nitrogens is 1. The van der Waals surface area contributed by atoms with Crippen LogP contribution in [0.2, 0.25) is 0 Å². The Morgan fingerprint density at radius 2 is 1.77 bits per heavy atom. The maximum Gasteiger partial charge on any atom is 0.293 e. The van der Waals surface area contributed by atoms with Gasteiger partial charge in [-0.2, -0.15) is 13.9 Å². The predicted molar refractivity (Wildman–Crippen MR) is 227 cm³/mol. The van der Waals surface area contributed by atoms with Gasteiger partial charge in [0.15, 0.2) is 10.7 Å². The van der Waals surface area contributed by atoms with Crippen LogP contribution in [-0.2, 0) is 30.2 Å². The van der Waals surface area contributed by atoms with Gasteiger partial charge in [0.2, 0.25) is 5.91 Å². The number of amides is 2. The smallest absolute Gasteiger partial charge is 0.293 e. The van der Waals surface area contributed by atoms with Crippen LogP contribution in [0.4, 0.5) is 26.3 Å². The van der Waals surface area contributed by atoms with Gasteiger partial charge in [0.25, 0.3) is 18.3 Å². The molecule has 1 saturated carbocycles. The summed E-state index contributed by atoms with van der Waals surface area (Å²) in [6.07, 6.45) is 0.608. The van der Waals surface area contributed by atoms with E-state index in [9.17, 15) is 27.2 Å². The Morgan fingerprint density at radius 1 is 0.969 bits per heavy atom. The molecule has 0 bridgehead atoms. The first kappa shape index (κ1) is 40.9. The summed E-state index contributed by atoms with van der Waals surface area (Å²) in [4.78, 5) is 44.4. The lowest BCUT2D eigenvalue weighted by molar-refractivity contribution is -0.123. The fourth-order valence-electron chi connectivity index (χ4n) is 9.38. The number of nitrogens with zero attached hydrogens (tertiary/aromatic N) is 5. The highest BCUT2D eigenvalue weighted by molar-refractivity contribution is 7.19. The number of fused-ring (bicyclic) bond motifs is 5. The minimum atomic E-state index is -3.47. The van der Waals surface area contributed by atoms with Gasteiger partial charge in [-0.15, -0.1) is 11.3 Å². The molecule has 2 amide bonds. The number of aromatic nitrogens is 6. The normalized spacial score (nSPS) is 19.4. The largest absolute Gasteiger partial charge is 0.348 e. The molecule has 7 aromatic rings. The van der Waals surface area contributed by atoms with Crippen LogP contribution < -0.4 is 16.0 Å². The molecule has 4 aliphatic rings. The third-order valence-corrected chi connectivity index (χ3v) is 13.4. The number of hydrogen-bond acceptors (Lipinski definition) is 8. The van der Waals surface area contributed by atoms with Gasteiger partial charge < -0.3 is 20.9 Å². The topological polar surface area (TPSA) is 143 Å². The first-order valence-electron chi connectivity index (χ1n) is 21.0. The van der Waals surface area contributed by atoms with Crippen molar-refractivity contribution in [3.05, 3.63) is 140 Å². The molecule has 2 fully saturated rings. The van der Waals surface area contributed by atoms with Gasteiger partial charge in [0.1, 0.15) is 35.4 Å². The molecular weight excluding hydrogens is 869 g/mol. The lowest BCUT2D eigenvalue weighted by Gasteiger charge is -2.23. The highest BCUT2D eigenvalue weighted by Gasteiger charge is 2.67. The van der Waals surface area contributed by atoms with Gasteiger partial charge in [0, 0.05) is 40.8 Å². The van der Waals surface area contributed by atoms with E-state index in [1.54, 1.807) is 24.3 Å².